The van der Waals surface area contributed by atoms with Crippen molar-refractivity contribution in [3.8, 4) is 0 Å². The Balaban J connectivity index is 2.17. The first-order valence-electron chi connectivity index (χ1n) is 6.06. The minimum atomic E-state index is -3.53. The van der Waals surface area contributed by atoms with Crippen LogP contribution in [0.15, 0.2) is 23.1 Å². The molecule has 1 fully saturated rings. The fourth-order valence-corrected chi connectivity index (χ4v) is 3.54. The second-order valence-electron chi connectivity index (χ2n) is 4.47. The number of benzene rings is 1. The van der Waals surface area contributed by atoms with E-state index in [0.717, 1.165) is 5.56 Å². The molecule has 1 aliphatic rings. The van der Waals surface area contributed by atoms with Gasteiger partial charge in [0.1, 0.15) is 0 Å². The van der Waals surface area contributed by atoms with Crippen LogP contribution < -0.4 is 10.0 Å². The Morgan fingerprint density at radius 2 is 2.26 bits per heavy atom. The van der Waals surface area contributed by atoms with E-state index in [-0.39, 0.29) is 10.9 Å². The summed E-state index contributed by atoms with van der Waals surface area (Å²) in [6.07, 6.45) is 0.699. The van der Waals surface area contributed by atoms with Gasteiger partial charge in [0.05, 0.1) is 11.5 Å². The number of sulfonamides is 1. The molecule has 1 saturated heterocycles. The van der Waals surface area contributed by atoms with Crippen LogP contribution in [-0.4, -0.2) is 34.7 Å². The average Bonchev–Trinajstić information content (AvgIpc) is 2.84. The first kappa shape index (κ1) is 14.7. The number of rotatable bonds is 5. The largest absolute Gasteiger partial charge is 0.380 e. The van der Waals surface area contributed by atoms with Crippen molar-refractivity contribution in [2.45, 2.75) is 23.9 Å². The molecule has 1 atom stereocenters. The maximum absolute atomic E-state index is 12.2. The van der Waals surface area contributed by atoms with E-state index >= 15 is 0 Å². The summed E-state index contributed by atoms with van der Waals surface area (Å²) in [5.41, 5.74) is 0.868. The van der Waals surface area contributed by atoms with Crippen LogP contribution in [0, 0.1) is 0 Å². The molecule has 1 aromatic carbocycles. The molecule has 106 valence electrons. The Morgan fingerprint density at radius 1 is 1.47 bits per heavy atom. The molecule has 0 radical (unpaired) electrons. The lowest BCUT2D eigenvalue weighted by molar-refractivity contribution is 0.192. The molecule has 0 saturated carbocycles. The quantitative estimate of drug-likeness (QED) is 0.856. The predicted octanol–water partition coefficient (Wildman–Crippen LogP) is 1.13. The van der Waals surface area contributed by atoms with Crippen molar-refractivity contribution < 1.29 is 13.2 Å². The van der Waals surface area contributed by atoms with E-state index < -0.39 is 10.0 Å². The number of halogens is 1. The van der Waals surface area contributed by atoms with Crippen molar-refractivity contribution in [2.24, 2.45) is 0 Å². The zero-order chi connectivity index (χ0) is 13.9. The Kier molecular flexibility index (Phi) is 4.81. The van der Waals surface area contributed by atoms with E-state index in [4.69, 9.17) is 16.3 Å². The molecule has 2 rings (SSSR count). The van der Waals surface area contributed by atoms with Crippen LogP contribution in [0.2, 0.25) is 5.02 Å². The molecule has 0 aliphatic carbocycles. The highest BCUT2D eigenvalue weighted by molar-refractivity contribution is 7.89. The van der Waals surface area contributed by atoms with E-state index in [0.29, 0.717) is 31.2 Å². The lowest BCUT2D eigenvalue weighted by atomic mass is 10.2. The van der Waals surface area contributed by atoms with E-state index in [1.807, 2.05) is 7.05 Å². The second-order valence-corrected chi connectivity index (χ2v) is 6.59. The molecule has 0 bridgehead atoms. The van der Waals surface area contributed by atoms with Gasteiger partial charge in [-0.05, 0) is 31.2 Å². The van der Waals surface area contributed by atoms with Crippen molar-refractivity contribution in [3.63, 3.8) is 0 Å². The maximum Gasteiger partial charge on any atom is 0.240 e. The standard InChI is InChI=1S/C12H17ClN2O3S/c1-14-7-9-2-3-11(6-12(9)13)19(16,17)15-10-4-5-18-8-10/h2-3,6,10,14-15H,4-5,7-8H2,1H3. The van der Waals surface area contributed by atoms with Gasteiger partial charge in [0.2, 0.25) is 10.0 Å². The van der Waals surface area contributed by atoms with Gasteiger partial charge in [0.25, 0.3) is 0 Å². The van der Waals surface area contributed by atoms with E-state index in [2.05, 4.69) is 10.0 Å². The number of nitrogens with one attached hydrogen (secondary N) is 2. The first-order chi connectivity index (χ1) is 9.03. The van der Waals surface area contributed by atoms with Gasteiger partial charge in [-0.25, -0.2) is 13.1 Å². The lowest BCUT2D eigenvalue weighted by Crippen LogP contribution is -2.35. The van der Waals surface area contributed by atoms with Crippen molar-refractivity contribution in [3.05, 3.63) is 28.8 Å². The van der Waals surface area contributed by atoms with Crippen LogP contribution in [-0.2, 0) is 21.3 Å². The molecule has 0 spiro atoms. The van der Waals surface area contributed by atoms with Crippen molar-refractivity contribution >= 4 is 21.6 Å². The van der Waals surface area contributed by atoms with Gasteiger partial charge in [-0.1, -0.05) is 17.7 Å². The van der Waals surface area contributed by atoms with Gasteiger partial charge in [0, 0.05) is 24.2 Å². The van der Waals surface area contributed by atoms with Gasteiger partial charge >= 0.3 is 0 Å². The number of hydrogen-bond acceptors (Lipinski definition) is 4. The Morgan fingerprint density at radius 3 is 2.84 bits per heavy atom. The highest BCUT2D eigenvalue weighted by Gasteiger charge is 2.23. The first-order valence-corrected chi connectivity index (χ1v) is 7.92. The zero-order valence-electron chi connectivity index (χ0n) is 10.6. The second kappa shape index (κ2) is 6.19. The fourth-order valence-electron chi connectivity index (χ4n) is 1.94. The van der Waals surface area contributed by atoms with Crippen molar-refractivity contribution in [1.82, 2.24) is 10.0 Å². The summed E-state index contributed by atoms with van der Waals surface area (Å²) < 4.78 is 32.1. The minimum Gasteiger partial charge on any atom is -0.380 e. The van der Waals surface area contributed by atoms with Crippen molar-refractivity contribution in [2.75, 3.05) is 20.3 Å². The summed E-state index contributed by atoms with van der Waals surface area (Å²) in [6, 6.07) is 4.61. The topological polar surface area (TPSA) is 67.4 Å². The van der Waals surface area contributed by atoms with Crippen LogP contribution in [0.4, 0.5) is 0 Å². The summed E-state index contributed by atoms with van der Waals surface area (Å²) in [5, 5.41) is 3.42. The van der Waals surface area contributed by atoms with Crippen LogP contribution in [0.25, 0.3) is 0 Å². The Hall–Kier alpha value is -0.660. The number of ether oxygens (including phenoxy) is 1. The Labute approximate surface area is 118 Å². The van der Waals surface area contributed by atoms with Gasteiger partial charge in [-0.2, -0.15) is 0 Å². The molecular formula is C12H17ClN2O3S. The molecule has 1 unspecified atom stereocenters. The normalized spacial score (nSPS) is 19.8. The van der Waals surface area contributed by atoms with E-state index in [1.165, 1.54) is 6.07 Å². The fraction of sp³-hybridized carbons (Fsp3) is 0.500. The van der Waals surface area contributed by atoms with Crippen LogP contribution in [0.1, 0.15) is 12.0 Å². The third kappa shape index (κ3) is 3.67. The molecule has 2 N–H and O–H groups in total. The summed E-state index contributed by atoms with van der Waals surface area (Å²) in [4.78, 5) is 0.184. The summed E-state index contributed by atoms with van der Waals surface area (Å²) >= 11 is 6.07. The smallest absolute Gasteiger partial charge is 0.240 e. The highest BCUT2D eigenvalue weighted by Crippen LogP contribution is 2.21. The molecule has 1 aliphatic heterocycles. The molecule has 0 aromatic heterocycles. The molecule has 7 heteroatoms. The van der Waals surface area contributed by atoms with Crippen LogP contribution in [0.5, 0.6) is 0 Å². The monoisotopic (exact) mass is 304 g/mol. The van der Waals surface area contributed by atoms with Crippen molar-refractivity contribution in [1.29, 1.82) is 0 Å². The summed E-state index contributed by atoms with van der Waals surface area (Å²) in [5.74, 6) is 0. The molecule has 1 aromatic rings. The Bertz CT molecular complexity index is 542. The van der Waals surface area contributed by atoms with Gasteiger partial charge in [-0.3, -0.25) is 0 Å². The summed E-state index contributed by atoms with van der Waals surface area (Å²) in [6.45, 7) is 1.61. The SMILES string of the molecule is CNCc1ccc(S(=O)(=O)NC2CCOC2)cc1Cl. The average molecular weight is 305 g/mol. The molecule has 5 nitrogen and oxygen atoms in total. The minimum absolute atomic E-state index is 0.152. The van der Waals surface area contributed by atoms with Crippen LogP contribution >= 0.6 is 11.6 Å². The maximum atomic E-state index is 12.2. The molecule has 1 heterocycles. The lowest BCUT2D eigenvalue weighted by Gasteiger charge is -2.12. The highest BCUT2D eigenvalue weighted by atomic mass is 35.5. The predicted molar refractivity (Wildman–Crippen MR) is 73.8 cm³/mol. The third-order valence-electron chi connectivity index (χ3n) is 2.95. The molecule has 0 amide bonds. The van der Waals surface area contributed by atoms with E-state index in [1.54, 1.807) is 12.1 Å². The molecule has 19 heavy (non-hydrogen) atoms. The summed E-state index contributed by atoms with van der Waals surface area (Å²) in [7, 11) is -1.72. The molecular weight excluding hydrogens is 288 g/mol. The van der Waals surface area contributed by atoms with Gasteiger partial charge in [-0.15, -0.1) is 0 Å². The third-order valence-corrected chi connectivity index (χ3v) is 4.82. The zero-order valence-corrected chi connectivity index (χ0v) is 12.2. The van der Waals surface area contributed by atoms with Gasteiger partial charge < -0.3 is 10.1 Å². The van der Waals surface area contributed by atoms with Gasteiger partial charge in [0.15, 0.2) is 0 Å². The van der Waals surface area contributed by atoms with Crippen LogP contribution in [0.3, 0.4) is 0 Å². The van der Waals surface area contributed by atoms with E-state index in [9.17, 15) is 8.42 Å². The number of hydrogen-bond donors (Lipinski definition) is 2.